The quantitative estimate of drug-likeness (QED) is 0.826. The molecule has 20 heavy (non-hydrogen) atoms. The maximum atomic E-state index is 4.52. The molecule has 3 atom stereocenters. The van der Waals surface area contributed by atoms with E-state index >= 15 is 0 Å². The van der Waals surface area contributed by atoms with Crippen LogP contribution < -0.4 is 5.32 Å². The van der Waals surface area contributed by atoms with Gasteiger partial charge in [0.15, 0.2) is 0 Å². The lowest BCUT2D eigenvalue weighted by Gasteiger charge is -2.35. The molecule has 1 heterocycles. The average molecular weight is 277 g/mol. The van der Waals surface area contributed by atoms with Crippen molar-refractivity contribution >= 4 is 0 Å². The van der Waals surface area contributed by atoms with Crippen molar-refractivity contribution < 1.29 is 0 Å². The van der Waals surface area contributed by atoms with Crippen LogP contribution >= 0.6 is 0 Å². The van der Waals surface area contributed by atoms with E-state index in [0.29, 0.717) is 6.04 Å². The predicted octanol–water partition coefficient (Wildman–Crippen LogP) is 3.55. The molecule has 3 nitrogen and oxygen atoms in total. The van der Waals surface area contributed by atoms with Gasteiger partial charge in [-0.2, -0.15) is 0 Å². The first-order valence-electron chi connectivity index (χ1n) is 8.44. The molecule has 0 amide bonds. The van der Waals surface area contributed by atoms with Crippen molar-refractivity contribution in [3.8, 4) is 0 Å². The van der Waals surface area contributed by atoms with E-state index in [1.807, 2.05) is 6.20 Å². The first-order chi connectivity index (χ1) is 9.74. The van der Waals surface area contributed by atoms with Crippen LogP contribution in [0.5, 0.6) is 0 Å². The maximum Gasteiger partial charge on any atom is 0.109 e. The minimum atomic E-state index is 0.602. The summed E-state index contributed by atoms with van der Waals surface area (Å²) in [5.74, 6) is 3.00. The van der Waals surface area contributed by atoms with Crippen LogP contribution in [0.4, 0.5) is 0 Å². The summed E-state index contributed by atoms with van der Waals surface area (Å²) in [6.45, 7) is 5.73. The Kier molecular flexibility index (Phi) is 6.08. The summed E-state index contributed by atoms with van der Waals surface area (Å²) in [5, 5.41) is 3.80. The molecule has 1 aliphatic carbocycles. The highest BCUT2D eigenvalue weighted by molar-refractivity contribution is 4.97. The number of imidazole rings is 1. The predicted molar refractivity (Wildman–Crippen MR) is 84.7 cm³/mol. The van der Waals surface area contributed by atoms with Crippen LogP contribution in [0, 0.1) is 11.8 Å². The minimum absolute atomic E-state index is 0.602. The van der Waals surface area contributed by atoms with Crippen molar-refractivity contribution in [1.82, 2.24) is 14.9 Å². The molecule has 3 heteroatoms. The van der Waals surface area contributed by atoms with E-state index in [9.17, 15) is 0 Å². The third kappa shape index (κ3) is 4.08. The van der Waals surface area contributed by atoms with E-state index in [0.717, 1.165) is 24.8 Å². The summed E-state index contributed by atoms with van der Waals surface area (Å²) in [4.78, 5) is 4.52. The standard InChI is InChI=1S/C17H31N3/c1-4-9-18-16(13-17-19-10-11-20(17)3)15-8-6-7-14(5-2)12-15/h10-11,14-16,18H,4-9,12-13H2,1-3H3. The Morgan fingerprint density at radius 3 is 2.90 bits per heavy atom. The van der Waals surface area contributed by atoms with Gasteiger partial charge >= 0.3 is 0 Å². The summed E-state index contributed by atoms with van der Waals surface area (Å²) >= 11 is 0. The molecule has 0 spiro atoms. The zero-order valence-electron chi connectivity index (χ0n) is 13.4. The van der Waals surface area contributed by atoms with Crippen LogP contribution in [0.2, 0.25) is 0 Å². The Balaban J connectivity index is 2.00. The monoisotopic (exact) mass is 277 g/mol. The zero-order chi connectivity index (χ0) is 14.4. The number of nitrogens with zero attached hydrogens (tertiary/aromatic N) is 2. The molecule has 1 N–H and O–H groups in total. The number of hydrogen-bond acceptors (Lipinski definition) is 2. The minimum Gasteiger partial charge on any atom is -0.338 e. The molecule has 3 unspecified atom stereocenters. The van der Waals surface area contributed by atoms with E-state index in [2.05, 4.69) is 42.0 Å². The van der Waals surface area contributed by atoms with Crippen molar-refractivity contribution in [2.75, 3.05) is 6.54 Å². The van der Waals surface area contributed by atoms with E-state index in [1.54, 1.807) is 0 Å². The molecule has 0 aromatic carbocycles. The van der Waals surface area contributed by atoms with Gasteiger partial charge in [0.05, 0.1) is 0 Å². The van der Waals surface area contributed by atoms with Crippen molar-refractivity contribution in [1.29, 1.82) is 0 Å². The molecule has 0 bridgehead atoms. The van der Waals surface area contributed by atoms with Crippen molar-refractivity contribution in [3.63, 3.8) is 0 Å². The van der Waals surface area contributed by atoms with Gasteiger partial charge in [-0.25, -0.2) is 4.98 Å². The van der Waals surface area contributed by atoms with Crippen LogP contribution in [0.15, 0.2) is 12.4 Å². The molecule has 0 radical (unpaired) electrons. The first-order valence-corrected chi connectivity index (χ1v) is 8.44. The van der Waals surface area contributed by atoms with Gasteiger partial charge in [-0.3, -0.25) is 0 Å². The van der Waals surface area contributed by atoms with Crippen molar-refractivity contribution in [2.45, 2.75) is 64.8 Å². The topological polar surface area (TPSA) is 29.9 Å². The van der Waals surface area contributed by atoms with Gasteiger partial charge in [-0.15, -0.1) is 0 Å². The third-order valence-corrected chi connectivity index (χ3v) is 4.95. The number of aryl methyl sites for hydroxylation is 1. The van der Waals surface area contributed by atoms with Crippen LogP contribution in [0.25, 0.3) is 0 Å². The van der Waals surface area contributed by atoms with Gasteiger partial charge < -0.3 is 9.88 Å². The lowest BCUT2D eigenvalue weighted by atomic mass is 9.76. The highest BCUT2D eigenvalue weighted by Crippen LogP contribution is 2.33. The Labute approximate surface area is 124 Å². The first kappa shape index (κ1) is 15.6. The van der Waals surface area contributed by atoms with Crippen LogP contribution in [0.1, 0.15) is 58.2 Å². The molecule has 1 aromatic rings. The summed E-state index contributed by atoms with van der Waals surface area (Å²) < 4.78 is 2.17. The number of hydrogen-bond donors (Lipinski definition) is 1. The number of aromatic nitrogens is 2. The van der Waals surface area contributed by atoms with Crippen LogP contribution in [-0.2, 0) is 13.5 Å². The highest BCUT2D eigenvalue weighted by Gasteiger charge is 2.28. The number of nitrogens with one attached hydrogen (secondary N) is 1. The molecule has 114 valence electrons. The Morgan fingerprint density at radius 1 is 1.40 bits per heavy atom. The molecule has 1 aliphatic rings. The molecular weight excluding hydrogens is 246 g/mol. The third-order valence-electron chi connectivity index (χ3n) is 4.95. The largest absolute Gasteiger partial charge is 0.338 e. The zero-order valence-corrected chi connectivity index (χ0v) is 13.4. The van der Waals surface area contributed by atoms with E-state index in [4.69, 9.17) is 0 Å². The normalized spacial score (nSPS) is 24.8. The Hall–Kier alpha value is -0.830. The smallest absolute Gasteiger partial charge is 0.109 e. The molecule has 1 fully saturated rings. The fraction of sp³-hybridized carbons (Fsp3) is 0.824. The Bertz CT molecular complexity index is 385. The lowest BCUT2D eigenvalue weighted by Crippen LogP contribution is -2.41. The van der Waals surface area contributed by atoms with Crippen molar-refractivity contribution in [3.05, 3.63) is 18.2 Å². The number of rotatable bonds is 7. The second kappa shape index (κ2) is 7.82. The van der Waals surface area contributed by atoms with Gasteiger partial charge in [0, 0.05) is 31.9 Å². The summed E-state index contributed by atoms with van der Waals surface area (Å²) in [6.07, 6.45) is 13.3. The second-order valence-electron chi connectivity index (χ2n) is 6.42. The molecular formula is C17H31N3. The SMILES string of the molecule is CCCNC(Cc1nccn1C)C1CCCC(CC)C1. The van der Waals surface area contributed by atoms with Crippen LogP contribution in [-0.4, -0.2) is 22.1 Å². The molecule has 1 saturated carbocycles. The van der Waals surface area contributed by atoms with Gasteiger partial charge in [-0.1, -0.05) is 33.1 Å². The summed E-state index contributed by atoms with van der Waals surface area (Å²) in [5.41, 5.74) is 0. The van der Waals surface area contributed by atoms with Gasteiger partial charge in [0.2, 0.25) is 0 Å². The molecule has 2 rings (SSSR count). The average Bonchev–Trinajstić information content (AvgIpc) is 2.88. The van der Waals surface area contributed by atoms with Crippen LogP contribution in [0.3, 0.4) is 0 Å². The maximum absolute atomic E-state index is 4.52. The van der Waals surface area contributed by atoms with Gasteiger partial charge in [0.1, 0.15) is 5.82 Å². The Morgan fingerprint density at radius 2 is 2.25 bits per heavy atom. The highest BCUT2D eigenvalue weighted by atomic mass is 15.0. The van der Waals surface area contributed by atoms with Crippen molar-refractivity contribution in [2.24, 2.45) is 18.9 Å². The fourth-order valence-corrected chi connectivity index (χ4v) is 3.59. The molecule has 0 saturated heterocycles. The van der Waals surface area contributed by atoms with Gasteiger partial charge in [0.25, 0.3) is 0 Å². The lowest BCUT2D eigenvalue weighted by molar-refractivity contribution is 0.205. The van der Waals surface area contributed by atoms with E-state index in [1.165, 1.54) is 44.3 Å². The molecule has 0 aliphatic heterocycles. The molecule has 1 aromatic heterocycles. The second-order valence-corrected chi connectivity index (χ2v) is 6.42. The summed E-state index contributed by atoms with van der Waals surface area (Å²) in [7, 11) is 2.11. The van der Waals surface area contributed by atoms with E-state index < -0.39 is 0 Å². The summed E-state index contributed by atoms with van der Waals surface area (Å²) in [6, 6.07) is 0.602. The van der Waals surface area contributed by atoms with E-state index in [-0.39, 0.29) is 0 Å². The van der Waals surface area contributed by atoms with Gasteiger partial charge in [-0.05, 0) is 37.6 Å². The fourth-order valence-electron chi connectivity index (χ4n) is 3.59.